The standard InChI is InChI=1S/C14H14BrF3N2O/c1-3-9-12(15)10(20(2)19-9)6-11(21)7-4-5-8(16)14(18)13(7)17/h4-5,11,21H,3,6H2,1-2H3. The molecule has 0 amide bonds. The fraction of sp³-hybridized carbons (Fsp3) is 0.357. The number of benzene rings is 1. The molecule has 1 atom stereocenters. The average Bonchev–Trinajstić information content (AvgIpc) is 2.72. The third kappa shape index (κ3) is 2.98. The number of halogens is 4. The molecule has 0 spiro atoms. The summed E-state index contributed by atoms with van der Waals surface area (Å²) in [6, 6.07) is 1.84. The molecule has 0 fully saturated rings. The largest absolute Gasteiger partial charge is 0.388 e. The Kier molecular flexibility index (Phi) is 4.73. The van der Waals surface area contributed by atoms with Crippen LogP contribution in [0.4, 0.5) is 13.2 Å². The molecule has 0 saturated heterocycles. The molecule has 21 heavy (non-hydrogen) atoms. The number of nitrogens with zero attached hydrogens (tertiary/aromatic N) is 2. The Morgan fingerprint density at radius 1 is 1.29 bits per heavy atom. The Hall–Kier alpha value is -1.34. The van der Waals surface area contributed by atoms with E-state index in [4.69, 9.17) is 0 Å². The van der Waals surface area contributed by atoms with Gasteiger partial charge in [0, 0.05) is 19.0 Å². The van der Waals surface area contributed by atoms with Crippen molar-refractivity contribution in [2.45, 2.75) is 25.9 Å². The maximum Gasteiger partial charge on any atom is 0.194 e. The molecular formula is C14H14BrF3N2O. The van der Waals surface area contributed by atoms with Gasteiger partial charge in [0.1, 0.15) is 0 Å². The lowest BCUT2D eigenvalue weighted by atomic mass is 10.0. The van der Waals surface area contributed by atoms with Crippen LogP contribution in [0, 0.1) is 17.5 Å². The molecule has 2 rings (SSSR count). The summed E-state index contributed by atoms with van der Waals surface area (Å²) in [5, 5.41) is 14.4. The van der Waals surface area contributed by atoms with Gasteiger partial charge in [-0.1, -0.05) is 13.0 Å². The van der Waals surface area contributed by atoms with E-state index < -0.39 is 23.6 Å². The van der Waals surface area contributed by atoms with Gasteiger partial charge >= 0.3 is 0 Å². The number of aromatic nitrogens is 2. The summed E-state index contributed by atoms with van der Waals surface area (Å²) in [4.78, 5) is 0. The lowest BCUT2D eigenvalue weighted by molar-refractivity contribution is 0.169. The van der Waals surface area contributed by atoms with Crippen LogP contribution in [0.25, 0.3) is 0 Å². The zero-order chi connectivity index (χ0) is 15.7. The van der Waals surface area contributed by atoms with E-state index in [1.807, 2.05) is 6.92 Å². The lowest BCUT2D eigenvalue weighted by Gasteiger charge is -2.13. The molecule has 3 nitrogen and oxygen atoms in total. The van der Waals surface area contributed by atoms with Gasteiger partial charge in [0.25, 0.3) is 0 Å². The molecule has 0 aliphatic heterocycles. The van der Waals surface area contributed by atoms with Gasteiger partial charge in [-0.15, -0.1) is 0 Å². The molecule has 1 unspecified atom stereocenters. The SMILES string of the molecule is CCc1nn(C)c(CC(O)c2ccc(F)c(F)c2F)c1Br. The summed E-state index contributed by atoms with van der Waals surface area (Å²) >= 11 is 3.39. The molecule has 0 aliphatic rings. The van der Waals surface area contributed by atoms with E-state index in [2.05, 4.69) is 21.0 Å². The van der Waals surface area contributed by atoms with Gasteiger partial charge in [-0.05, 0) is 28.4 Å². The molecule has 114 valence electrons. The van der Waals surface area contributed by atoms with Crippen LogP contribution in [0.5, 0.6) is 0 Å². The van der Waals surface area contributed by atoms with E-state index in [0.29, 0.717) is 12.1 Å². The normalized spacial score (nSPS) is 12.7. The van der Waals surface area contributed by atoms with Crippen molar-refractivity contribution < 1.29 is 18.3 Å². The van der Waals surface area contributed by atoms with Crippen LogP contribution in [-0.4, -0.2) is 14.9 Å². The highest BCUT2D eigenvalue weighted by molar-refractivity contribution is 9.10. The summed E-state index contributed by atoms with van der Waals surface area (Å²) in [7, 11) is 1.70. The maximum atomic E-state index is 13.7. The van der Waals surface area contributed by atoms with Crippen molar-refractivity contribution in [2.75, 3.05) is 0 Å². The van der Waals surface area contributed by atoms with E-state index in [1.165, 1.54) is 0 Å². The van der Waals surface area contributed by atoms with Gasteiger partial charge in [-0.25, -0.2) is 13.2 Å². The minimum Gasteiger partial charge on any atom is -0.388 e. The number of aryl methyl sites for hydroxylation is 2. The topological polar surface area (TPSA) is 38.0 Å². The highest BCUT2D eigenvalue weighted by atomic mass is 79.9. The van der Waals surface area contributed by atoms with Gasteiger partial charge < -0.3 is 5.11 Å². The van der Waals surface area contributed by atoms with Gasteiger partial charge in [0.2, 0.25) is 0 Å². The van der Waals surface area contributed by atoms with Crippen molar-refractivity contribution in [3.8, 4) is 0 Å². The molecule has 7 heteroatoms. The van der Waals surface area contributed by atoms with Crippen molar-refractivity contribution >= 4 is 15.9 Å². The van der Waals surface area contributed by atoms with Gasteiger partial charge in [0.15, 0.2) is 17.5 Å². The van der Waals surface area contributed by atoms with E-state index in [-0.39, 0.29) is 12.0 Å². The van der Waals surface area contributed by atoms with Crippen molar-refractivity contribution in [3.63, 3.8) is 0 Å². The van der Waals surface area contributed by atoms with Crippen LogP contribution in [0.2, 0.25) is 0 Å². The molecule has 0 saturated carbocycles. The fourth-order valence-corrected chi connectivity index (χ4v) is 2.91. The second-order valence-corrected chi connectivity index (χ2v) is 5.46. The molecule has 1 aromatic carbocycles. The highest BCUT2D eigenvalue weighted by Gasteiger charge is 2.22. The third-order valence-corrected chi connectivity index (χ3v) is 4.23. The first-order valence-corrected chi connectivity index (χ1v) is 7.17. The predicted molar refractivity (Wildman–Crippen MR) is 75.3 cm³/mol. The summed E-state index contributed by atoms with van der Waals surface area (Å²) in [5.41, 5.74) is 1.19. The first-order valence-electron chi connectivity index (χ1n) is 6.38. The van der Waals surface area contributed by atoms with E-state index >= 15 is 0 Å². The number of aliphatic hydroxyl groups excluding tert-OH is 1. The summed E-state index contributed by atoms with van der Waals surface area (Å²) in [6.45, 7) is 1.93. The van der Waals surface area contributed by atoms with Crippen LogP contribution in [0.3, 0.4) is 0 Å². The molecule has 1 heterocycles. The van der Waals surface area contributed by atoms with Crippen LogP contribution in [0.1, 0.15) is 30.0 Å². The summed E-state index contributed by atoms with van der Waals surface area (Å²) < 4.78 is 42.1. The van der Waals surface area contributed by atoms with E-state index in [0.717, 1.165) is 22.3 Å². The van der Waals surface area contributed by atoms with Gasteiger partial charge in [0.05, 0.1) is 22.0 Å². The van der Waals surface area contributed by atoms with Crippen molar-refractivity contribution in [1.82, 2.24) is 9.78 Å². The molecule has 0 radical (unpaired) electrons. The number of rotatable bonds is 4. The number of aliphatic hydroxyl groups is 1. The Balaban J connectivity index is 2.33. The quantitative estimate of drug-likeness (QED) is 0.846. The summed E-state index contributed by atoms with van der Waals surface area (Å²) in [6.07, 6.45) is -0.563. The van der Waals surface area contributed by atoms with Crippen molar-refractivity contribution in [2.24, 2.45) is 7.05 Å². The average molecular weight is 363 g/mol. The number of hydrogen-bond donors (Lipinski definition) is 1. The first kappa shape index (κ1) is 16.0. The van der Waals surface area contributed by atoms with Crippen LogP contribution in [-0.2, 0) is 19.9 Å². The Morgan fingerprint density at radius 2 is 1.95 bits per heavy atom. The van der Waals surface area contributed by atoms with Crippen molar-refractivity contribution in [1.29, 1.82) is 0 Å². The minimum absolute atomic E-state index is 0.0338. The highest BCUT2D eigenvalue weighted by Crippen LogP contribution is 2.28. The van der Waals surface area contributed by atoms with Crippen molar-refractivity contribution in [3.05, 3.63) is 51.0 Å². The smallest absolute Gasteiger partial charge is 0.194 e. The molecule has 1 N–H and O–H groups in total. The third-order valence-electron chi connectivity index (χ3n) is 3.31. The van der Waals surface area contributed by atoms with Crippen LogP contribution in [0.15, 0.2) is 16.6 Å². The predicted octanol–water partition coefficient (Wildman–Crippen LogP) is 3.44. The molecule has 0 aliphatic carbocycles. The second-order valence-electron chi connectivity index (χ2n) is 4.67. The Labute approximate surface area is 128 Å². The van der Waals surface area contributed by atoms with Crippen LogP contribution >= 0.6 is 15.9 Å². The Bertz CT molecular complexity index is 673. The zero-order valence-corrected chi connectivity index (χ0v) is 13.1. The van der Waals surface area contributed by atoms with Crippen LogP contribution < -0.4 is 0 Å². The fourth-order valence-electron chi connectivity index (χ4n) is 2.13. The molecule has 0 bridgehead atoms. The van der Waals surface area contributed by atoms with E-state index in [1.54, 1.807) is 11.7 Å². The van der Waals surface area contributed by atoms with E-state index in [9.17, 15) is 18.3 Å². The van der Waals surface area contributed by atoms with Gasteiger partial charge in [-0.3, -0.25) is 4.68 Å². The lowest BCUT2D eigenvalue weighted by Crippen LogP contribution is -2.10. The Morgan fingerprint density at radius 3 is 2.52 bits per heavy atom. The summed E-state index contributed by atoms with van der Waals surface area (Å²) in [5.74, 6) is -4.22. The molecule has 1 aromatic heterocycles. The molecular weight excluding hydrogens is 349 g/mol. The number of hydrogen-bond acceptors (Lipinski definition) is 2. The molecule has 2 aromatic rings. The monoisotopic (exact) mass is 362 g/mol. The maximum absolute atomic E-state index is 13.7. The zero-order valence-electron chi connectivity index (χ0n) is 11.5. The second kappa shape index (κ2) is 6.19. The first-order chi connectivity index (χ1) is 9.86. The van der Waals surface area contributed by atoms with Gasteiger partial charge in [-0.2, -0.15) is 5.10 Å². The minimum atomic E-state index is -1.58.